The van der Waals surface area contributed by atoms with Crippen molar-refractivity contribution >= 4 is 32.0 Å². The number of nitrogens with zero attached hydrogens (tertiary/aromatic N) is 2. The Morgan fingerprint density at radius 1 is 0.766 bits per heavy atom. The number of aryl methyl sites for hydroxylation is 2. The van der Waals surface area contributed by atoms with Gasteiger partial charge in [0.1, 0.15) is 19.3 Å². The van der Waals surface area contributed by atoms with Crippen LogP contribution in [0.1, 0.15) is 50.2 Å². The monoisotopic (exact) mass is 679 g/mol. The smallest absolute Gasteiger partial charge is 0.480 e. The number of unbranched alkanes of at least 4 members (excludes halogenated alkanes) is 1. The number of hydrogen-bond acceptors (Lipinski definition) is 10. The van der Waals surface area contributed by atoms with Crippen LogP contribution in [0.4, 0.5) is 9.59 Å². The summed E-state index contributed by atoms with van der Waals surface area (Å²) in [7, 11) is -3.01. The molecule has 0 aliphatic rings. The molecule has 0 bridgehead atoms. The van der Waals surface area contributed by atoms with Crippen LogP contribution in [0.5, 0.6) is 0 Å². The number of guanidine groups is 1. The molecule has 2 rings (SSSR count). The Morgan fingerprint density at radius 3 is 1.64 bits per heavy atom. The van der Waals surface area contributed by atoms with E-state index in [1.807, 2.05) is 67.6 Å². The Morgan fingerprint density at radius 2 is 1.21 bits per heavy atom. The molecule has 0 aliphatic heterocycles. The first-order chi connectivity index (χ1) is 22.6. The van der Waals surface area contributed by atoms with Crippen molar-refractivity contribution in [3.63, 3.8) is 0 Å². The molecule has 0 aromatic heterocycles. The number of likely N-dealkylation sites (N-methyl/N-ethyl adjacent to an activating group) is 1. The minimum absolute atomic E-state index is 0.140. The van der Waals surface area contributed by atoms with E-state index in [2.05, 4.69) is 4.76 Å². The van der Waals surface area contributed by atoms with Crippen LogP contribution in [0.25, 0.3) is 0 Å². The number of carbonyl (C=O) groups is 3. The normalized spacial score (nSPS) is 12.2. The van der Waals surface area contributed by atoms with Crippen LogP contribution in [0, 0.1) is 0 Å². The zero-order chi connectivity index (χ0) is 34.3. The van der Waals surface area contributed by atoms with Gasteiger partial charge in [0, 0.05) is 7.05 Å². The molecule has 1 unspecified atom stereocenters. The van der Waals surface area contributed by atoms with E-state index in [-0.39, 0.29) is 32.8 Å². The molecular weight excluding hydrogens is 633 g/mol. The van der Waals surface area contributed by atoms with Gasteiger partial charge in [0.2, 0.25) is 5.96 Å². The lowest BCUT2D eigenvalue weighted by atomic mass is 10.1. The summed E-state index contributed by atoms with van der Waals surface area (Å²) in [6.45, 7) is 0.659. The van der Waals surface area contributed by atoms with Crippen molar-refractivity contribution in [1.82, 2.24) is 4.90 Å². The number of nitrogens with two attached hydrogens (primary N) is 1. The van der Waals surface area contributed by atoms with Crippen molar-refractivity contribution in [3.8, 4) is 0 Å². The lowest BCUT2D eigenvalue weighted by molar-refractivity contribution is -0.141. The molecule has 0 spiro atoms. The van der Waals surface area contributed by atoms with Gasteiger partial charge in [-0.3, -0.25) is 9.05 Å². The van der Waals surface area contributed by atoms with Crippen molar-refractivity contribution in [2.45, 2.75) is 57.9 Å². The molecule has 0 fully saturated rings. The Bertz CT molecular complexity index is 1210. The first kappa shape index (κ1) is 39.1. The quantitative estimate of drug-likeness (QED) is 0.0516. The Kier molecular flexibility index (Phi) is 18.6. The van der Waals surface area contributed by atoms with E-state index in [0.29, 0.717) is 19.3 Å². The molecule has 0 radical (unpaired) electrons. The number of hydrogen-bond donors (Lipinski definition) is 2. The van der Waals surface area contributed by atoms with E-state index < -0.39 is 51.2 Å². The first-order valence-corrected chi connectivity index (χ1v) is 17.0. The van der Waals surface area contributed by atoms with Gasteiger partial charge in [0.15, 0.2) is 0 Å². The van der Waals surface area contributed by atoms with E-state index in [0.717, 1.165) is 35.3 Å². The van der Waals surface area contributed by atoms with Crippen LogP contribution in [-0.4, -0.2) is 87.0 Å². The molecule has 3 N–H and O–H groups in total. The zero-order valence-electron chi connectivity index (χ0n) is 27.0. The van der Waals surface area contributed by atoms with Crippen molar-refractivity contribution in [2.24, 2.45) is 10.5 Å². The summed E-state index contributed by atoms with van der Waals surface area (Å²) in [4.78, 5) is 36.8. The summed E-state index contributed by atoms with van der Waals surface area (Å²) < 4.78 is 48.0. The Labute approximate surface area is 275 Å². The summed E-state index contributed by atoms with van der Waals surface area (Å²) >= 11 is 0. The minimum atomic E-state index is -4.40. The van der Waals surface area contributed by atoms with E-state index in [4.69, 9.17) is 33.7 Å². The van der Waals surface area contributed by atoms with Crippen LogP contribution in [0.15, 0.2) is 65.4 Å². The van der Waals surface area contributed by atoms with Crippen molar-refractivity contribution < 1.29 is 52.1 Å². The third-order valence-corrected chi connectivity index (χ3v) is 8.10. The van der Waals surface area contributed by atoms with Crippen LogP contribution in [-0.2, 0) is 50.2 Å². The molecule has 2 aromatic carbocycles. The maximum atomic E-state index is 13.5. The maximum absolute atomic E-state index is 13.5. The number of ether oxygens (including phenoxy) is 4. The summed E-state index contributed by atoms with van der Waals surface area (Å²) in [5, 5.41) is 9.63. The molecule has 0 saturated carbocycles. The summed E-state index contributed by atoms with van der Waals surface area (Å²) in [6.07, 6.45) is 2.41. The molecule has 47 heavy (non-hydrogen) atoms. The number of aliphatic carboxylic acids is 1. The summed E-state index contributed by atoms with van der Waals surface area (Å²) in [5.74, 6) is -1.54. The van der Waals surface area contributed by atoms with E-state index in [1.54, 1.807) is 0 Å². The van der Waals surface area contributed by atoms with Gasteiger partial charge in [-0.15, -0.1) is 4.76 Å². The number of benzene rings is 2. The van der Waals surface area contributed by atoms with Crippen molar-refractivity contribution in [1.29, 1.82) is 0 Å². The van der Waals surface area contributed by atoms with Gasteiger partial charge >= 0.3 is 26.0 Å². The second kappa shape index (κ2) is 22.4. The highest BCUT2D eigenvalue weighted by Gasteiger charge is 2.29. The van der Waals surface area contributed by atoms with Gasteiger partial charge in [-0.05, 0) is 43.2 Å². The van der Waals surface area contributed by atoms with E-state index >= 15 is 0 Å². The number of rotatable bonds is 22. The average Bonchev–Trinajstić information content (AvgIpc) is 3.06. The third-order valence-electron chi connectivity index (χ3n) is 6.63. The summed E-state index contributed by atoms with van der Waals surface area (Å²) in [5.41, 5.74) is 8.23. The zero-order valence-corrected chi connectivity index (χ0v) is 27.9. The largest absolute Gasteiger partial charge is 0.508 e. The van der Waals surface area contributed by atoms with Gasteiger partial charge in [-0.1, -0.05) is 80.4 Å². The molecule has 0 saturated heterocycles. The van der Waals surface area contributed by atoms with Crippen molar-refractivity contribution in [2.75, 3.05) is 46.7 Å². The number of carbonyl (C=O) groups excluding carboxylic acids is 2. The second-order valence-electron chi connectivity index (χ2n) is 10.3. The van der Waals surface area contributed by atoms with Crippen LogP contribution >= 0.6 is 7.75 Å². The third kappa shape index (κ3) is 16.8. The number of carboxylic acid groups (broad SMARTS) is 1. The highest BCUT2D eigenvalue weighted by molar-refractivity contribution is 7.52. The van der Waals surface area contributed by atoms with Crippen LogP contribution in [0.2, 0.25) is 0 Å². The predicted molar refractivity (Wildman–Crippen MR) is 174 cm³/mol. The Balaban J connectivity index is 1.85. The average molecular weight is 680 g/mol. The second-order valence-corrected chi connectivity index (χ2v) is 11.9. The molecule has 0 heterocycles. The fourth-order valence-corrected chi connectivity index (χ4v) is 5.32. The van der Waals surface area contributed by atoms with Gasteiger partial charge < -0.3 is 34.7 Å². The minimum Gasteiger partial charge on any atom is -0.480 e. The highest BCUT2D eigenvalue weighted by atomic mass is 31.2. The lowest BCUT2D eigenvalue weighted by Crippen LogP contribution is -2.46. The Hall–Kier alpha value is -4.13. The fraction of sp³-hybridized carbons (Fsp3) is 0.500. The highest BCUT2D eigenvalue weighted by Crippen LogP contribution is 2.49. The lowest BCUT2D eigenvalue weighted by Gasteiger charge is -2.26. The molecule has 2 aromatic rings. The van der Waals surface area contributed by atoms with Crippen LogP contribution in [0.3, 0.4) is 0 Å². The molecule has 0 amide bonds. The van der Waals surface area contributed by atoms with Gasteiger partial charge in [-0.2, -0.15) is 0 Å². The SMILES string of the molecule is CCCCC(C(=O)O)N(C)C(N)=NP(=O)(OCCOC(=O)OCCCc1ccccc1)OCCOC(=O)OCCCc1ccccc1. The molecule has 0 aliphatic carbocycles. The number of carboxylic acids is 1. The standard InChI is InChI=1S/C32H46N3O11P/c1-3-4-19-28(29(36)37)35(2)30(33)34-47(40,45-24-22-43-31(38)41-20-11-17-26-13-7-5-8-14-26)46-25-23-44-32(39)42-21-12-18-27-15-9-6-10-16-27/h5-10,13-16,28H,3-4,11-12,17-25H2,1-2H3,(H,36,37)(H2,33,34,40). The molecule has 15 heteroatoms. The van der Waals surface area contributed by atoms with Gasteiger partial charge in [0.25, 0.3) is 0 Å². The predicted octanol–water partition coefficient (Wildman–Crippen LogP) is 5.59. The van der Waals surface area contributed by atoms with Gasteiger partial charge in [-0.25, -0.2) is 18.9 Å². The van der Waals surface area contributed by atoms with Crippen LogP contribution < -0.4 is 5.73 Å². The van der Waals surface area contributed by atoms with Crippen molar-refractivity contribution in [3.05, 3.63) is 71.8 Å². The van der Waals surface area contributed by atoms with E-state index in [1.165, 1.54) is 7.05 Å². The summed E-state index contributed by atoms with van der Waals surface area (Å²) in [6, 6.07) is 18.4. The molecule has 14 nitrogen and oxygen atoms in total. The molecule has 260 valence electrons. The maximum Gasteiger partial charge on any atom is 0.508 e. The molecular formula is C32H46N3O11P. The van der Waals surface area contributed by atoms with E-state index in [9.17, 15) is 24.1 Å². The topological polar surface area (TPSA) is 186 Å². The molecule has 1 atom stereocenters. The fourth-order valence-electron chi connectivity index (χ4n) is 4.12. The first-order valence-electron chi connectivity index (χ1n) is 15.5. The van der Waals surface area contributed by atoms with Gasteiger partial charge in [0.05, 0.1) is 26.4 Å².